The summed E-state index contributed by atoms with van der Waals surface area (Å²) in [6.07, 6.45) is 1.12. The van der Waals surface area contributed by atoms with E-state index in [1.807, 2.05) is 48.5 Å². The van der Waals surface area contributed by atoms with E-state index in [2.05, 4.69) is 26.3 Å². The van der Waals surface area contributed by atoms with E-state index >= 15 is 0 Å². The SMILES string of the molecule is CN=C(NCCC(=O)NCc1ccccc1)NCCc1cccc(C(=O)NC)c1. The molecular formula is C22H29N5O2. The number of carbonyl (C=O) groups is 2. The van der Waals surface area contributed by atoms with Crippen molar-refractivity contribution in [2.45, 2.75) is 19.4 Å². The van der Waals surface area contributed by atoms with Gasteiger partial charge < -0.3 is 21.3 Å². The van der Waals surface area contributed by atoms with E-state index in [-0.39, 0.29) is 11.8 Å². The van der Waals surface area contributed by atoms with Gasteiger partial charge in [-0.05, 0) is 29.7 Å². The van der Waals surface area contributed by atoms with Crippen molar-refractivity contribution in [1.82, 2.24) is 21.3 Å². The lowest BCUT2D eigenvalue weighted by Gasteiger charge is -2.12. The van der Waals surface area contributed by atoms with Crippen LogP contribution in [-0.4, -0.2) is 45.0 Å². The molecule has 2 aromatic rings. The Morgan fingerprint density at radius 3 is 2.34 bits per heavy atom. The molecule has 2 amide bonds. The van der Waals surface area contributed by atoms with Crippen LogP contribution >= 0.6 is 0 Å². The van der Waals surface area contributed by atoms with E-state index < -0.39 is 0 Å². The van der Waals surface area contributed by atoms with Gasteiger partial charge in [0.2, 0.25) is 5.91 Å². The topological polar surface area (TPSA) is 94.6 Å². The molecule has 4 N–H and O–H groups in total. The summed E-state index contributed by atoms with van der Waals surface area (Å²) in [4.78, 5) is 27.8. The third-order valence-electron chi connectivity index (χ3n) is 4.32. The summed E-state index contributed by atoms with van der Waals surface area (Å²) in [5.41, 5.74) is 2.79. The molecule has 2 rings (SSSR count). The van der Waals surface area contributed by atoms with Crippen molar-refractivity contribution in [2.24, 2.45) is 4.99 Å². The molecule has 0 unspecified atom stereocenters. The number of nitrogens with zero attached hydrogens (tertiary/aromatic N) is 1. The molecule has 0 bridgehead atoms. The maximum Gasteiger partial charge on any atom is 0.251 e. The van der Waals surface area contributed by atoms with Crippen LogP contribution in [0.5, 0.6) is 0 Å². The molecule has 0 fully saturated rings. The summed E-state index contributed by atoms with van der Waals surface area (Å²) in [6.45, 7) is 1.69. The average molecular weight is 396 g/mol. The normalized spacial score (nSPS) is 10.9. The highest BCUT2D eigenvalue weighted by molar-refractivity contribution is 5.94. The Morgan fingerprint density at radius 2 is 1.62 bits per heavy atom. The number of nitrogens with one attached hydrogen (secondary N) is 4. The fourth-order valence-electron chi connectivity index (χ4n) is 2.74. The third kappa shape index (κ3) is 8.04. The zero-order valence-electron chi connectivity index (χ0n) is 17.0. The van der Waals surface area contributed by atoms with Gasteiger partial charge in [-0.2, -0.15) is 0 Å². The van der Waals surface area contributed by atoms with Crippen molar-refractivity contribution in [3.63, 3.8) is 0 Å². The summed E-state index contributed by atoms with van der Waals surface area (Å²) in [5.74, 6) is 0.536. The van der Waals surface area contributed by atoms with Crippen molar-refractivity contribution in [2.75, 3.05) is 27.2 Å². The van der Waals surface area contributed by atoms with E-state index in [0.717, 1.165) is 17.5 Å². The van der Waals surface area contributed by atoms with E-state index in [0.29, 0.717) is 37.6 Å². The molecule has 0 spiro atoms. The molecule has 0 heterocycles. The highest BCUT2D eigenvalue weighted by Gasteiger charge is 2.05. The summed E-state index contributed by atoms with van der Waals surface area (Å²) in [5, 5.41) is 11.9. The Morgan fingerprint density at radius 1 is 0.897 bits per heavy atom. The highest BCUT2D eigenvalue weighted by atomic mass is 16.2. The van der Waals surface area contributed by atoms with Crippen LogP contribution in [0, 0.1) is 0 Å². The molecule has 0 atom stereocenters. The maximum absolute atomic E-state index is 12.0. The van der Waals surface area contributed by atoms with Crippen LogP contribution < -0.4 is 21.3 Å². The van der Waals surface area contributed by atoms with Crippen LogP contribution in [0.25, 0.3) is 0 Å². The molecule has 0 radical (unpaired) electrons. The van der Waals surface area contributed by atoms with E-state index in [1.54, 1.807) is 20.2 Å². The summed E-state index contributed by atoms with van der Waals surface area (Å²) in [6, 6.07) is 17.4. The van der Waals surface area contributed by atoms with E-state index in [9.17, 15) is 9.59 Å². The number of hydrogen-bond acceptors (Lipinski definition) is 3. The van der Waals surface area contributed by atoms with Crippen LogP contribution in [0.15, 0.2) is 59.6 Å². The second-order valence-corrected chi connectivity index (χ2v) is 6.47. The van der Waals surface area contributed by atoms with Gasteiger partial charge in [-0.25, -0.2) is 0 Å². The number of amides is 2. The van der Waals surface area contributed by atoms with Crippen LogP contribution in [0.4, 0.5) is 0 Å². The first-order valence-electron chi connectivity index (χ1n) is 9.68. The van der Waals surface area contributed by atoms with Gasteiger partial charge in [0.25, 0.3) is 5.91 Å². The molecule has 0 saturated carbocycles. The first kappa shape index (κ1) is 21.9. The monoisotopic (exact) mass is 395 g/mol. The van der Waals surface area contributed by atoms with Gasteiger partial charge >= 0.3 is 0 Å². The van der Waals surface area contributed by atoms with Gasteiger partial charge in [0.1, 0.15) is 0 Å². The minimum absolute atomic E-state index is 0.0113. The van der Waals surface area contributed by atoms with Gasteiger partial charge in [-0.3, -0.25) is 14.6 Å². The summed E-state index contributed by atoms with van der Waals surface area (Å²) >= 11 is 0. The van der Waals surface area contributed by atoms with Crippen LogP contribution in [0.2, 0.25) is 0 Å². The zero-order chi connectivity index (χ0) is 20.9. The summed E-state index contributed by atoms with van der Waals surface area (Å²) in [7, 11) is 3.31. The average Bonchev–Trinajstić information content (AvgIpc) is 2.77. The molecule has 154 valence electrons. The predicted molar refractivity (Wildman–Crippen MR) is 116 cm³/mol. The van der Waals surface area contributed by atoms with E-state index in [4.69, 9.17) is 0 Å². The van der Waals surface area contributed by atoms with Crippen molar-refractivity contribution in [3.8, 4) is 0 Å². The minimum atomic E-state index is -0.0946. The summed E-state index contributed by atoms with van der Waals surface area (Å²) < 4.78 is 0. The predicted octanol–water partition coefficient (Wildman–Crippen LogP) is 1.46. The first-order chi connectivity index (χ1) is 14.1. The van der Waals surface area contributed by atoms with Gasteiger partial charge in [-0.15, -0.1) is 0 Å². The minimum Gasteiger partial charge on any atom is -0.356 e. The lowest BCUT2D eigenvalue weighted by molar-refractivity contribution is -0.121. The molecule has 0 aliphatic heterocycles. The number of hydrogen-bond donors (Lipinski definition) is 4. The third-order valence-corrected chi connectivity index (χ3v) is 4.32. The van der Waals surface area contributed by atoms with Gasteiger partial charge in [0, 0.05) is 45.7 Å². The number of benzene rings is 2. The molecule has 7 heteroatoms. The van der Waals surface area contributed by atoms with Crippen LogP contribution in [0.3, 0.4) is 0 Å². The Hall–Kier alpha value is -3.35. The molecular weight excluding hydrogens is 366 g/mol. The Labute approximate surface area is 172 Å². The second-order valence-electron chi connectivity index (χ2n) is 6.47. The van der Waals surface area contributed by atoms with Crippen LogP contribution in [0.1, 0.15) is 27.9 Å². The number of aliphatic imine (C=N–C) groups is 1. The molecule has 0 aliphatic rings. The lowest BCUT2D eigenvalue weighted by Crippen LogP contribution is -2.40. The second kappa shape index (κ2) is 12.2. The van der Waals surface area contributed by atoms with Gasteiger partial charge in [0.05, 0.1) is 0 Å². The standard InChI is InChI=1S/C22H29N5O2/c1-23-21(29)19-10-6-9-17(15-19)11-13-25-22(24-2)26-14-12-20(28)27-16-18-7-4-3-5-8-18/h3-10,15H,11-14,16H2,1-2H3,(H,23,29)(H,27,28)(H2,24,25,26). The van der Waals surface area contributed by atoms with Crippen molar-refractivity contribution in [1.29, 1.82) is 0 Å². The maximum atomic E-state index is 12.0. The van der Waals surface area contributed by atoms with Crippen molar-refractivity contribution in [3.05, 3.63) is 71.3 Å². The largest absolute Gasteiger partial charge is 0.356 e. The van der Waals surface area contributed by atoms with E-state index in [1.165, 1.54) is 0 Å². The quantitative estimate of drug-likeness (QED) is 0.382. The molecule has 0 aliphatic carbocycles. The number of guanidine groups is 1. The fraction of sp³-hybridized carbons (Fsp3) is 0.318. The molecule has 2 aromatic carbocycles. The van der Waals surface area contributed by atoms with Crippen LogP contribution in [-0.2, 0) is 17.8 Å². The number of carbonyl (C=O) groups excluding carboxylic acids is 2. The number of rotatable bonds is 9. The Bertz CT molecular complexity index is 821. The smallest absolute Gasteiger partial charge is 0.251 e. The Kier molecular flexibility index (Phi) is 9.21. The van der Waals surface area contributed by atoms with Crippen molar-refractivity contribution >= 4 is 17.8 Å². The molecule has 0 saturated heterocycles. The highest BCUT2D eigenvalue weighted by Crippen LogP contribution is 2.05. The first-order valence-corrected chi connectivity index (χ1v) is 9.68. The van der Waals surface area contributed by atoms with Gasteiger partial charge in [0.15, 0.2) is 5.96 Å². The molecule has 29 heavy (non-hydrogen) atoms. The molecule has 7 nitrogen and oxygen atoms in total. The van der Waals surface area contributed by atoms with Crippen molar-refractivity contribution < 1.29 is 9.59 Å². The fourth-order valence-corrected chi connectivity index (χ4v) is 2.74. The Balaban J connectivity index is 1.66. The zero-order valence-corrected chi connectivity index (χ0v) is 17.0. The van der Waals surface area contributed by atoms with Gasteiger partial charge in [-0.1, -0.05) is 42.5 Å². The molecule has 0 aromatic heterocycles. The lowest BCUT2D eigenvalue weighted by atomic mass is 10.1.